The number of hydrogen-bond donors (Lipinski definition) is 1. The molecule has 0 unspecified atom stereocenters. The van der Waals surface area contributed by atoms with E-state index >= 15 is 0 Å². The minimum absolute atomic E-state index is 0.158. The Morgan fingerprint density at radius 3 is 2.54 bits per heavy atom. The summed E-state index contributed by atoms with van der Waals surface area (Å²) in [6, 6.07) is 7.19. The van der Waals surface area contributed by atoms with E-state index in [2.05, 4.69) is 5.32 Å². The fourth-order valence-electron chi connectivity index (χ4n) is 2.28. The van der Waals surface area contributed by atoms with E-state index < -0.39 is 0 Å². The standard InChI is InChI=1S/C18H23NO4S/c1-4-22-15-7-6-13(10-16(15)23-5-2)18(20)19-11-17(21-3)14-8-9-24-12-14/h6-10,12,17H,4-5,11H2,1-3H3,(H,19,20)/t17-/m1/s1. The zero-order valence-corrected chi connectivity index (χ0v) is 15.0. The van der Waals surface area contributed by atoms with Crippen LogP contribution in [0.1, 0.15) is 35.9 Å². The molecule has 0 aliphatic rings. The zero-order chi connectivity index (χ0) is 17.4. The maximum absolute atomic E-state index is 12.4. The fraction of sp³-hybridized carbons (Fsp3) is 0.389. The van der Waals surface area contributed by atoms with Crippen molar-refractivity contribution in [1.82, 2.24) is 5.32 Å². The number of ether oxygens (including phenoxy) is 3. The smallest absolute Gasteiger partial charge is 0.251 e. The highest BCUT2D eigenvalue weighted by atomic mass is 32.1. The highest BCUT2D eigenvalue weighted by molar-refractivity contribution is 7.07. The summed E-state index contributed by atoms with van der Waals surface area (Å²) in [7, 11) is 1.64. The summed E-state index contributed by atoms with van der Waals surface area (Å²) in [6.45, 7) is 5.26. The molecule has 1 amide bonds. The Morgan fingerprint density at radius 2 is 1.92 bits per heavy atom. The van der Waals surface area contributed by atoms with Gasteiger partial charge in [-0.1, -0.05) is 0 Å². The third-order valence-electron chi connectivity index (χ3n) is 3.45. The van der Waals surface area contributed by atoms with Gasteiger partial charge in [-0.3, -0.25) is 4.79 Å². The Bertz CT molecular complexity index is 642. The molecule has 0 fully saturated rings. The van der Waals surface area contributed by atoms with Crippen LogP contribution < -0.4 is 14.8 Å². The molecule has 2 aromatic rings. The summed E-state index contributed by atoms with van der Waals surface area (Å²) < 4.78 is 16.5. The van der Waals surface area contributed by atoms with E-state index in [1.165, 1.54) is 0 Å². The lowest BCUT2D eigenvalue weighted by atomic mass is 10.1. The molecule has 2 rings (SSSR count). The van der Waals surface area contributed by atoms with Crippen LogP contribution in [0.4, 0.5) is 0 Å². The molecule has 0 aliphatic carbocycles. The highest BCUT2D eigenvalue weighted by Crippen LogP contribution is 2.28. The van der Waals surface area contributed by atoms with Crippen molar-refractivity contribution in [3.8, 4) is 11.5 Å². The van der Waals surface area contributed by atoms with Gasteiger partial charge in [0.05, 0.1) is 13.2 Å². The van der Waals surface area contributed by atoms with Crippen LogP contribution in [0, 0.1) is 0 Å². The van der Waals surface area contributed by atoms with Crippen LogP contribution in [-0.2, 0) is 4.74 Å². The first kappa shape index (κ1) is 18.3. The summed E-state index contributed by atoms with van der Waals surface area (Å²) in [6.07, 6.45) is -0.158. The minimum atomic E-state index is -0.170. The molecule has 24 heavy (non-hydrogen) atoms. The monoisotopic (exact) mass is 349 g/mol. The molecule has 0 bridgehead atoms. The fourth-order valence-corrected chi connectivity index (χ4v) is 2.98. The average molecular weight is 349 g/mol. The third kappa shape index (κ3) is 4.72. The molecule has 0 saturated heterocycles. The second kappa shape index (κ2) is 9.30. The molecule has 0 aliphatic heterocycles. The van der Waals surface area contributed by atoms with Gasteiger partial charge in [-0.2, -0.15) is 11.3 Å². The van der Waals surface area contributed by atoms with Gasteiger partial charge in [0.25, 0.3) is 5.91 Å². The Balaban J connectivity index is 2.04. The first-order valence-electron chi connectivity index (χ1n) is 7.92. The molecular formula is C18H23NO4S. The molecule has 1 aromatic heterocycles. The van der Waals surface area contributed by atoms with E-state index in [4.69, 9.17) is 14.2 Å². The molecule has 6 heteroatoms. The average Bonchev–Trinajstić information content (AvgIpc) is 3.11. The molecule has 0 radical (unpaired) electrons. The minimum Gasteiger partial charge on any atom is -0.490 e. The maximum atomic E-state index is 12.4. The van der Waals surface area contributed by atoms with Gasteiger partial charge >= 0.3 is 0 Å². The number of benzene rings is 1. The van der Waals surface area contributed by atoms with Crippen LogP contribution in [0.15, 0.2) is 35.0 Å². The number of carbonyl (C=O) groups is 1. The molecule has 0 spiro atoms. The number of methoxy groups -OCH3 is 1. The Labute approximate surface area is 146 Å². The number of amides is 1. The van der Waals surface area contributed by atoms with Crippen molar-refractivity contribution in [2.24, 2.45) is 0 Å². The van der Waals surface area contributed by atoms with Crippen molar-refractivity contribution in [2.45, 2.75) is 20.0 Å². The van der Waals surface area contributed by atoms with Crippen molar-refractivity contribution >= 4 is 17.2 Å². The van der Waals surface area contributed by atoms with E-state index in [1.54, 1.807) is 36.6 Å². The summed E-state index contributed by atoms with van der Waals surface area (Å²) >= 11 is 1.60. The number of nitrogens with one attached hydrogen (secondary N) is 1. The Hall–Kier alpha value is -2.05. The van der Waals surface area contributed by atoms with Gasteiger partial charge in [0, 0.05) is 19.2 Å². The van der Waals surface area contributed by atoms with E-state index in [1.807, 2.05) is 30.7 Å². The van der Waals surface area contributed by atoms with Crippen molar-refractivity contribution in [3.05, 3.63) is 46.2 Å². The van der Waals surface area contributed by atoms with Gasteiger partial charge in [-0.05, 0) is 54.4 Å². The Morgan fingerprint density at radius 1 is 1.17 bits per heavy atom. The summed E-state index contributed by atoms with van der Waals surface area (Å²) in [5, 5.41) is 6.91. The van der Waals surface area contributed by atoms with E-state index in [-0.39, 0.29) is 12.0 Å². The van der Waals surface area contributed by atoms with Gasteiger partial charge in [0.1, 0.15) is 6.10 Å². The predicted molar refractivity (Wildman–Crippen MR) is 95.2 cm³/mol. The van der Waals surface area contributed by atoms with Crippen LogP contribution in [0.5, 0.6) is 11.5 Å². The lowest BCUT2D eigenvalue weighted by Gasteiger charge is -2.16. The zero-order valence-electron chi connectivity index (χ0n) is 14.2. The molecule has 1 atom stereocenters. The summed E-state index contributed by atoms with van der Waals surface area (Å²) in [4.78, 5) is 12.4. The van der Waals surface area contributed by atoms with E-state index in [0.717, 1.165) is 5.56 Å². The van der Waals surface area contributed by atoms with Crippen LogP contribution in [0.2, 0.25) is 0 Å². The molecule has 1 aromatic carbocycles. The molecule has 5 nitrogen and oxygen atoms in total. The largest absolute Gasteiger partial charge is 0.490 e. The second-order valence-electron chi connectivity index (χ2n) is 5.02. The van der Waals surface area contributed by atoms with Gasteiger partial charge in [0.15, 0.2) is 11.5 Å². The number of rotatable bonds is 9. The predicted octanol–water partition coefficient (Wildman–Crippen LogP) is 3.66. The summed E-state index contributed by atoms with van der Waals surface area (Å²) in [5.41, 5.74) is 1.59. The van der Waals surface area contributed by atoms with Gasteiger partial charge in [-0.15, -0.1) is 0 Å². The van der Waals surface area contributed by atoms with Gasteiger partial charge in [-0.25, -0.2) is 0 Å². The Kier molecular flexibility index (Phi) is 7.08. The summed E-state index contributed by atoms with van der Waals surface area (Å²) in [5.74, 6) is 1.05. The molecular weight excluding hydrogens is 326 g/mol. The van der Waals surface area contributed by atoms with E-state index in [9.17, 15) is 4.79 Å². The van der Waals surface area contributed by atoms with Gasteiger partial charge in [0.2, 0.25) is 0 Å². The van der Waals surface area contributed by atoms with Crippen LogP contribution in [0.25, 0.3) is 0 Å². The normalized spacial score (nSPS) is 11.8. The van der Waals surface area contributed by atoms with Gasteiger partial charge < -0.3 is 19.5 Å². The van der Waals surface area contributed by atoms with Crippen molar-refractivity contribution < 1.29 is 19.0 Å². The van der Waals surface area contributed by atoms with Crippen LogP contribution >= 0.6 is 11.3 Å². The quantitative estimate of drug-likeness (QED) is 0.750. The number of hydrogen-bond acceptors (Lipinski definition) is 5. The molecule has 1 N–H and O–H groups in total. The topological polar surface area (TPSA) is 56.8 Å². The van der Waals surface area contributed by atoms with E-state index in [0.29, 0.717) is 36.8 Å². The second-order valence-corrected chi connectivity index (χ2v) is 5.80. The lowest BCUT2D eigenvalue weighted by Crippen LogP contribution is -2.29. The molecule has 1 heterocycles. The van der Waals surface area contributed by atoms with Crippen LogP contribution in [0.3, 0.4) is 0 Å². The molecule has 0 saturated carbocycles. The molecule has 130 valence electrons. The maximum Gasteiger partial charge on any atom is 0.251 e. The highest BCUT2D eigenvalue weighted by Gasteiger charge is 2.15. The third-order valence-corrected chi connectivity index (χ3v) is 4.15. The first-order chi connectivity index (χ1) is 11.7. The number of thiophene rings is 1. The number of carbonyl (C=O) groups excluding carboxylic acids is 1. The van der Waals surface area contributed by atoms with Crippen LogP contribution in [-0.4, -0.2) is 32.8 Å². The van der Waals surface area contributed by atoms with Crippen molar-refractivity contribution in [1.29, 1.82) is 0 Å². The van der Waals surface area contributed by atoms with Crippen molar-refractivity contribution in [3.63, 3.8) is 0 Å². The first-order valence-corrected chi connectivity index (χ1v) is 8.86. The lowest BCUT2D eigenvalue weighted by molar-refractivity contribution is 0.0829. The van der Waals surface area contributed by atoms with Crippen molar-refractivity contribution in [2.75, 3.05) is 26.9 Å². The SMILES string of the molecule is CCOc1ccc(C(=O)NC[C@@H](OC)c2ccsc2)cc1OCC.